The van der Waals surface area contributed by atoms with E-state index in [1.54, 1.807) is 27.9 Å². The highest BCUT2D eigenvalue weighted by molar-refractivity contribution is 6.01. The van der Waals surface area contributed by atoms with Crippen molar-refractivity contribution in [2.75, 3.05) is 61.5 Å². The van der Waals surface area contributed by atoms with Crippen molar-refractivity contribution in [2.24, 2.45) is 0 Å². The molecule has 0 spiro atoms. The Hall–Kier alpha value is -7.53. The van der Waals surface area contributed by atoms with Gasteiger partial charge in [-0.05, 0) is 75.6 Å². The van der Waals surface area contributed by atoms with Crippen LogP contribution in [0.15, 0.2) is 73.4 Å². The van der Waals surface area contributed by atoms with E-state index in [-0.39, 0.29) is 30.5 Å². The predicted octanol–water partition coefficient (Wildman–Crippen LogP) is 6.36. The average molecular weight is 968 g/mol. The molecule has 3 atom stereocenters. The van der Waals surface area contributed by atoms with Gasteiger partial charge in [-0.3, -0.25) is 29.3 Å². The number of carbonyl (C=O) groups is 3. The van der Waals surface area contributed by atoms with Gasteiger partial charge in [0.1, 0.15) is 57.8 Å². The van der Waals surface area contributed by atoms with Gasteiger partial charge in [0.05, 0.1) is 54.5 Å². The van der Waals surface area contributed by atoms with Crippen molar-refractivity contribution in [2.45, 2.75) is 88.0 Å². The SMILES string of the molecule is COc1cc(N2CCN([C@H]3CC[C@H](n4cc(-c5cn6ncc(C#N)c6c(-c6ccc(N7C[C@H]8CCC[C@@H](C7)N8C(=O)c7c(F)cccc7F)nc6)n5)cn4)CC3)CC2)c(F)cc1NC1CCC(=O)NC1=O. The minimum absolute atomic E-state index is 0.199. The van der Waals surface area contributed by atoms with Gasteiger partial charge in [0.2, 0.25) is 11.8 Å². The third kappa shape index (κ3) is 8.76. The van der Waals surface area contributed by atoms with E-state index in [1.165, 1.54) is 25.4 Å². The normalized spacial score (nSPS) is 22.9. The maximum Gasteiger partial charge on any atom is 0.260 e. The quantitative estimate of drug-likeness (QED) is 0.145. The lowest BCUT2D eigenvalue weighted by Gasteiger charge is -2.50. The molecule has 2 bridgehead atoms. The number of nitriles is 1. The number of hydrogen-bond donors (Lipinski definition) is 2. The first kappa shape index (κ1) is 45.9. The first-order chi connectivity index (χ1) is 34.5. The molecule has 0 radical (unpaired) electrons. The van der Waals surface area contributed by atoms with E-state index < -0.39 is 40.9 Å². The maximum absolute atomic E-state index is 15.6. The standard InChI is InChI=1S/C51H52F3N13O4/c1-71-44-21-43(39(54)20-41(44)59-40-13-15-46(68)61-50(40)69)63-18-16-62(17-19-63)33-9-11-34(12-10-33)65-26-32(25-57-65)42-29-66-49(31(22-55)24-58-66)48(60-42)30-8-14-45(56-23-30)64-27-35-4-2-5-36(28-64)67(35)51(70)47-37(52)6-3-7-38(47)53/h3,6-8,14,20-21,23-26,29,33-36,40,59H,2,4-5,9-13,15-19,27-28H2,1H3,(H,61,68,69)/t33-,34-,35-,36+,40?. The number of imide groups is 1. The van der Waals surface area contributed by atoms with Crippen molar-refractivity contribution in [3.8, 4) is 34.3 Å². The van der Waals surface area contributed by atoms with Crippen molar-refractivity contribution in [3.05, 3.63) is 102 Å². The first-order valence-corrected chi connectivity index (χ1v) is 24.3. The topological polar surface area (TPSA) is 182 Å². The van der Waals surface area contributed by atoms with E-state index in [0.717, 1.165) is 62.9 Å². The number of fused-ring (bicyclic) bond motifs is 3. The fourth-order valence-corrected chi connectivity index (χ4v) is 11.4. The Kier molecular flexibility index (Phi) is 12.3. The van der Waals surface area contributed by atoms with Crippen molar-refractivity contribution < 1.29 is 32.3 Å². The summed E-state index contributed by atoms with van der Waals surface area (Å²) in [6, 6.07) is 12.1. The summed E-state index contributed by atoms with van der Waals surface area (Å²) in [5.74, 6) is -2.37. The molecule has 4 saturated heterocycles. The molecule has 6 aromatic rings. The van der Waals surface area contributed by atoms with Crippen molar-refractivity contribution >= 4 is 40.4 Å². The molecule has 17 nitrogen and oxygen atoms in total. The average Bonchev–Trinajstić information content (AvgIpc) is 4.05. The fraction of sp³-hybridized carbons (Fsp3) is 0.412. The fourth-order valence-electron chi connectivity index (χ4n) is 11.4. The summed E-state index contributed by atoms with van der Waals surface area (Å²) in [6.07, 6.45) is 15.6. The smallest absolute Gasteiger partial charge is 0.260 e. The van der Waals surface area contributed by atoms with E-state index >= 15 is 4.39 Å². The Morgan fingerprint density at radius 3 is 2.25 bits per heavy atom. The Morgan fingerprint density at radius 1 is 0.817 bits per heavy atom. The Labute approximate surface area is 407 Å². The van der Waals surface area contributed by atoms with Gasteiger partial charge in [-0.25, -0.2) is 27.7 Å². The number of piperazine rings is 2. The minimum Gasteiger partial charge on any atom is -0.495 e. The number of rotatable bonds is 10. The number of aromatic nitrogens is 6. The largest absolute Gasteiger partial charge is 0.495 e. The summed E-state index contributed by atoms with van der Waals surface area (Å²) >= 11 is 0. The van der Waals surface area contributed by atoms with Crippen molar-refractivity contribution in [3.63, 3.8) is 0 Å². The number of carbonyl (C=O) groups excluding carboxylic acids is 3. The molecule has 1 saturated carbocycles. The van der Waals surface area contributed by atoms with Gasteiger partial charge in [0.25, 0.3) is 5.91 Å². The molecule has 4 aliphatic heterocycles. The van der Waals surface area contributed by atoms with E-state index in [1.807, 2.05) is 34.1 Å². The maximum atomic E-state index is 15.6. The molecule has 2 aromatic carbocycles. The van der Waals surface area contributed by atoms with Crippen LogP contribution in [0.3, 0.4) is 0 Å². The Balaban J connectivity index is 0.733. The second-order valence-electron chi connectivity index (χ2n) is 19.1. The van der Waals surface area contributed by atoms with Crippen LogP contribution in [0.1, 0.15) is 79.8 Å². The van der Waals surface area contributed by atoms with Crippen LogP contribution in [0.5, 0.6) is 5.75 Å². The van der Waals surface area contributed by atoms with Gasteiger partial charge in [0, 0.05) is 99.5 Å². The molecule has 11 rings (SSSR count). The molecule has 5 fully saturated rings. The van der Waals surface area contributed by atoms with E-state index in [2.05, 4.69) is 31.6 Å². The lowest BCUT2D eigenvalue weighted by Crippen LogP contribution is -2.63. The number of piperidine rings is 2. The van der Waals surface area contributed by atoms with Crippen LogP contribution >= 0.6 is 0 Å². The Bertz CT molecular complexity index is 3030. The van der Waals surface area contributed by atoms with Crippen LogP contribution in [-0.2, 0) is 9.59 Å². The van der Waals surface area contributed by atoms with Gasteiger partial charge in [-0.1, -0.05) is 6.07 Å². The number of benzene rings is 2. The predicted molar refractivity (Wildman–Crippen MR) is 256 cm³/mol. The van der Waals surface area contributed by atoms with E-state index in [0.29, 0.717) is 102 Å². The van der Waals surface area contributed by atoms with Crippen LogP contribution in [0, 0.1) is 28.8 Å². The van der Waals surface area contributed by atoms with Gasteiger partial charge in [-0.2, -0.15) is 15.5 Å². The van der Waals surface area contributed by atoms with Crippen LogP contribution in [-0.4, -0.2) is 127 Å². The summed E-state index contributed by atoms with van der Waals surface area (Å²) in [7, 11) is 1.51. The lowest BCUT2D eigenvalue weighted by molar-refractivity contribution is -0.133. The van der Waals surface area contributed by atoms with Gasteiger partial charge < -0.3 is 24.8 Å². The van der Waals surface area contributed by atoms with Crippen LogP contribution in [0.2, 0.25) is 0 Å². The minimum atomic E-state index is -0.859. The molecule has 2 N–H and O–H groups in total. The second-order valence-corrected chi connectivity index (χ2v) is 19.1. The summed E-state index contributed by atoms with van der Waals surface area (Å²) < 4.78 is 54.3. The zero-order valence-electron chi connectivity index (χ0n) is 39.1. The van der Waals surface area contributed by atoms with Gasteiger partial charge in [0.15, 0.2) is 0 Å². The molecule has 3 amide bonds. The van der Waals surface area contributed by atoms with Gasteiger partial charge in [-0.15, -0.1) is 0 Å². The number of pyridine rings is 1. The van der Waals surface area contributed by atoms with E-state index in [9.17, 15) is 28.4 Å². The third-order valence-electron chi connectivity index (χ3n) is 15.0. The first-order valence-electron chi connectivity index (χ1n) is 24.3. The monoisotopic (exact) mass is 967 g/mol. The van der Waals surface area contributed by atoms with E-state index in [4.69, 9.17) is 19.8 Å². The highest BCUT2D eigenvalue weighted by Gasteiger charge is 2.42. The molecular formula is C51H52F3N13O4. The number of ether oxygens (including phenoxy) is 1. The molecular weight excluding hydrogens is 916 g/mol. The van der Waals surface area contributed by atoms with Crippen molar-refractivity contribution in [1.82, 2.24) is 44.5 Å². The van der Waals surface area contributed by atoms with Crippen LogP contribution in [0.25, 0.3) is 28.0 Å². The number of nitrogens with one attached hydrogen (secondary N) is 2. The number of hydrogen-bond acceptors (Lipinski definition) is 13. The molecule has 1 unspecified atom stereocenters. The molecule has 8 heterocycles. The molecule has 5 aliphatic rings. The molecule has 20 heteroatoms. The number of methoxy groups -OCH3 is 1. The summed E-state index contributed by atoms with van der Waals surface area (Å²) in [4.78, 5) is 55.8. The van der Waals surface area contributed by atoms with Crippen molar-refractivity contribution in [1.29, 1.82) is 5.26 Å². The third-order valence-corrected chi connectivity index (χ3v) is 15.0. The summed E-state index contributed by atoms with van der Waals surface area (Å²) in [6.45, 7) is 3.82. The summed E-state index contributed by atoms with van der Waals surface area (Å²) in [5, 5.41) is 24.8. The zero-order valence-corrected chi connectivity index (χ0v) is 39.1. The molecule has 366 valence electrons. The number of nitrogens with zero attached hydrogens (tertiary/aromatic N) is 11. The molecule has 4 aromatic heterocycles. The molecule has 1 aliphatic carbocycles. The molecule has 71 heavy (non-hydrogen) atoms. The van der Waals surface area contributed by atoms with Gasteiger partial charge >= 0.3 is 0 Å². The second kappa shape index (κ2) is 19.0. The highest BCUT2D eigenvalue weighted by atomic mass is 19.1. The van der Waals surface area contributed by atoms with Crippen LogP contribution < -0.4 is 25.2 Å². The number of anilines is 3. The highest BCUT2D eigenvalue weighted by Crippen LogP contribution is 2.38. The van der Waals surface area contributed by atoms with Crippen LogP contribution in [0.4, 0.5) is 30.4 Å². The lowest BCUT2D eigenvalue weighted by atomic mass is 9.90. The summed E-state index contributed by atoms with van der Waals surface area (Å²) in [5.41, 5.74) is 3.92. The Morgan fingerprint density at radius 2 is 1.56 bits per heavy atom. The number of amides is 3. The zero-order chi connectivity index (χ0) is 48.9. The number of halogens is 3.